The molecule has 0 aliphatic carbocycles. The first kappa shape index (κ1) is 36.8. The SMILES string of the molecule is c1ccc(-c2cccc(-n3c4ccccc4c4ccc(-n5c6ccccc6c6c([Si](c7ccccc7)(c7ccccc7)c7ccccc7)cccc65)cc43)c2-c2ccccc2)cc1. The van der Waals surface area contributed by atoms with E-state index in [4.69, 9.17) is 0 Å². The molecule has 2 heterocycles. The zero-order valence-corrected chi connectivity index (χ0v) is 35.6. The molecule has 0 saturated carbocycles. The highest BCUT2D eigenvalue weighted by Crippen LogP contribution is 2.42. The normalized spacial score (nSPS) is 11.8. The Balaban J connectivity index is 1.17. The van der Waals surface area contributed by atoms with E-state index in [0.29, 0.717) is 0 Å². The number of fused-ring (bicyclic) bond motifs is 6. The van der Waals surface area contributed by atoms with Crippen LogP contribution in [0.5, 0.6) is 0 Å². The van der Waals surface area contributed by atoms with Gasteiger partial charge in [0.25, 0.3) is 0 Å². The van der Waals surface area contributed by atoms with Crippen molar-refractivity contribution in [2.75, 3.05) is 0 Å². The van der Waals surface area contributed by atoms with Crippen LogP contribution >= 0.6 is 0 Å². The minimum atomic E-state index is -2.88. The fourth-order valence-electron chi connectivity index (χ4n) is 10.5. The summed E-state index contributed by atoms with van der Waals surface area (Å²) in [6.45, 7) is 0. The van der Waals surface area contributed by atoms with Gasteiger partial charge in [-0.3, -0.25) is 0 Å². The van der Waals surface area contributed by atoms with Crippen LogP contribution in [0.2, 0.25) is 0 Å². The van der Waals surface area contributed by atoms with Gasteiger partial charge < -0.3 is 9.13 Å². The van der Waals surface area contributed by atoms with Gasteiger partial charge in [0.15, 0.2) is 8.07 Å². The lowest BCUT2D eigenvalue weighted by Gasteiger charge is -2.35. The van der Waals surface area contributed by atoms with Crippen LogP contribution < -0.4 is 20.7 Å². The minimum Gasteiger partial charge on any atom is -0.309 e. The zero-order valence-electron chi connectivity index (χ0n) is 34.6. The Morgan fingerprint density at radius 1 is 0.302 bits per heavy atom. The maximum atomic E-state index is 2.51. The predicted octanol–water partition coefficient (Wildman–Crippen LogP) is 12.6. The highest BCUT2D eigenvalue weighted by molar-refractivity contribution is 7.20. The van der Waals surface area contributed by atoms with Crippen LogP contribution in [0.15, 0.2) is 255 Å². The molecule has 10 aromatic carbocycles. The van der Waals surface area contributed by atoms with E-state index in [1.165, 1.54) is 86.6 Å². The van der Waals surface area contributed by atoms with Gasteiger partial charge in [0, 0.05) is 32.8 Å². The van der Waals surface area contributed by atoms with Crippen molar-refractivity contribution >= 4 is 72.4 Å². The highest BCUT2D eigenvalue weighted by atomic mass is 28.3. The molecule has 0 N–H and O–H groups in total. The zero-order chi connectivity index (χ0) is 41.7. The van der Waals surface area contributed by atoms with Gasteiger partial charge in [-0.2, -0.15) is 0 Å². The van der Waals surface area contributed by atoms with Gasteiger partial charge in [-0.1, -0.05) is 218 Å². The second kappa shape index (κ2) is 15.2. The van der Waals surface area contributed by atoms with Gasteiger partial charge in [0.05, 0.1) is 27.8 Å². The van der Waals surface area contributed by atoms with Gasteiger partial charge >= 0.3 is 0 Å². The van der Waals surface area contributed by atoms with Crippen molar-refractivity contribution in [3.63, 3.8) is 0 Å². The maximum Gasteiger partial charge on any atom is 0.180 e. The topological polar surface area (TPSA) is 9.86 Å². The summed E-state index contributed by atoms with van der Waals surface area (Å²) in [4.78, 5) is 0. The van der Waals surface area contributed by atoms with Crippen molar-refractivity contribution < 1.29 is 0 Å². The molecule has 0 unspecified atom stereocenters. The van der Waals surface area contributed by atoms with E-state index in [-0.39, 0.29) is 0 Å². The molecule has 0 aliphatic rings. The number of hydrogen-bond acceptors (Lipinski definition) is 0. The Kier molecular flexibility index (Phi) is 8.87. The minimum absolute atomic E-state index is 1.13. The summed E-state index contributed by atoms with van der Waals surface area (Å²) in [6, 6.07) is 94.2. The van der Waals surface area contributed by atoms with Crippen molar-refractivity contribution in [1.82, 2.24) is 9.13 Å². The molecule has 0 amide bonds. The first-order chi connectivity index (χ1) is 31.3. The van der Waals surface area contributed by atoms with E-state index in [1.807, 2.05) is 0 Å². The molecule has 0 spiro atoms. The third kappa shape index (κ3) is 5.78. The van der Waals surface area contributed by atoms with Gasteiger partial charge in [0.2, 0.25) is 0 Å². The Morgan fingerprint density at radius 2 is 0.778 bits per heavy atom. The summed E-state index contributed by atoms with van der Waals surface area (Å²) in [5.41, 5.74) is 11.8. The Labute approximate surface area is 368 Å². The highest BCUT2D eigenvalue weighted by Gasteiger charge is 2.43. The monoisotopic (exact) mass is 818 g/mol. The van der Waals surface area contributed by atoms with Crippen molar-refractivity contribution in [3.8, 4) is 33.6 Å². The largest absolute Gasteiger partial charge is 0.309 e. The van der Waals surface area contributed by atoms with Crippen LogP contribution in [-0.2, 0) is 0 Å². The molecule has 0 saturated heterocycles. The van der Waals surface area contributed by atoms with Gasteiger partial charge in [-0.15, -0.1) is 0 Å². The standard InChI is InChI=1S/C60H42N2Si/c1-6-22-43(23-7-1)49-34-20-37-55(59(49)44-24-8-2-9-25-44)62-53-35-18-16-32-50(53)51-41-40-45(42-57(51)62)61-54-36-19-17-33-52(54)60-56(61)38-21-39-58(60)63(46-26-10-3-11-27-46,47-28-12-4-13-29-47)48-30-14-5-15-31-48/h1-42H. The van der Waals surface area contributed by atoms with Crippen molar-refractivity contribution in [2.45, 2.75) is 0 Å². The first-order valence-electron chi connectivity index (χ1n) is 21.8. The third-order valence-corrected chi connectivity index (χ3v) is 17.9. The van der Waals surface area contributed by atoms with E-state index in [0.717, 1.165) is 11.4 Å². The van der Waals surface area contributed by atoms with Crippen LogP contribution in [0.3, 0.4) is 0 Å². The molecule has 0 atom stereocenters. The van der Waals surface area contributed by atoms with Gasteiger partial charge in [-0.05, 0) is 73.8 Å². The number of benzene rings is 10. The Morgan fingerprint density at radius 3 is 1.40 bits per heavy atom. The molecule has 3 heteroatoms. The van der Waals surface area contributed by atoms with Crippen molar-refractivity contribution in [3.05, 3.63) is 255 Å². The molecular formula is C60H42N2Si. The predicted molar refractivity (Wildman–Crippen MR) is 270 cm³/mol. The molecule has 0 bridgehead atoms. The van der Waals surface area contributed by atoms with Crippen LogP contribution in [0.25, 0.3) is 77.2 Å². The lowest BCUT2D eigenvalue weighted by Crippen LogP contribution is -2.74. The molecule has 2 nitrogen and oxygen atoms in total. The Hall–Kier alpha value is -7.98. The van der Waals surface area contributed by atoms with Gasteiger partial charge in [0.1, 0.15) is 0 Å². The number of hydrogen-bond donors (Lipinski definition) is 0. The van der Waals surface area contributed by atoms with Gasteiger partial charge in [-0.25, -0.2) is 0 Å². The number of aromatic nitrogens is 2. The summed E-state index contributed by atoms with van der Waals surface area (Å²) >= 11 is 0. The second-order valence-electron chi connectivity index (χ2n) is 16.4. The molecule has 12 rings (SSSR count). The fraction of sp³-hybridized carbons (Fsp3) is 0. The number of nitrogens with zero attached hydrogens (tertiary/aromatic N) is 2. The van der Waals surface area contributed by atoms with Crippen LogP contribution in [0.1, 0.15) is 0 Å². The summed E-state index contributed by atoms with van der Waals surface area (Å²) in [6.07, 6.45) is 0. The maximum absolute atomic E-state index is 2.88. The Bertz CT molecular complexity index is 3500. The quantitative estimate of drug-likeness (QED) is 0.107. The molecular weight excluding hydrogens is 777 g/mol. The summed E-state index contributed by atoms with van der Waals surface area (Å²) in [7, 11) is -2.88. The first-order valence-corrected chi connectivity index (χ1v) is 23.8. The van der Waals surface area contributed by atoms with E-state index < -0.39 is 8.07 Å². The molecule has 296 valence electrons. The van der Waals surface area contributed by atoms with Crippen LogP contribution in [0.4, 0.5) is 0 Å². The van der Waals surface area contributed by atoms with E-state index in [1.54, 1.807) is 0 Å². The molecule has 0 radical (unpaired) electrons. The molecule has 0 aliphatic heterocycles. The molecule has 2 aromatic heterocycles. The van der Waals surface area contributed by atoms with Crippen molar-refractivity contribution in [1.29, 1.82) is 0 Å². The summed E-state index contributed by atoms with van der Waals surface area (Å²) in [5, 5.41) is 10.5. The number of para-hydroxylation sites is 2. The smallest absolute Gasteiger partial charge is 0.180 e. The van der Waals surface area contributed by atoms with Crippen LogP contribution in [-0.4, -0.2) is 17.2 Å². The van der Waals surface area contributed by atoms with Crippen LogP contribution in [0, 0.1) is 0 Å². The lowest BCUT2D eigenvalue weighted by atomic mass is 9.93. The van der Waals surface area contributed by atoms with E-state index >= 15 is 0 Å². The fourth-order valence-corrected chi connectivity index (χ4v) is 15.5. The third-order valence-electron chi connectivity index (χ3n) is 13.1. The summed E-state index contributed by atoms with van der Waals surface area (Å²) < 4.78 is 5.01. The van der Waals surface area contributed by atoms with E-state index in [9.17, 15) is 0 Å². The molecule has 12 aromatic rings. The van der Waals surface area contributed by atoms with E-state index in [2.05, 4.69) is 264 Å². The van der Waals surface area contributed by atoms with Crippen molar-refractivity contribution in [2.24, 2.45) is 0 Å². The molecule has 63 heavy (non-hydrogen) atoms. The number of rotatable bonds is 8. The molecule has 0 fully saturated rings. The lowest BCUT2D eigenvalue weighted by molar-refractivity contribution is 1.16. The average Bonchev–Trinajstić information content (AvgIpc) is 3.88. The summed E-state index contributed by atoms with van der Waals surface area (Å²) in [5.74, 6) is 0. The average molecular weight is 819 g/mol. The second-order valence-corrected chi connectivity index (χ2v) is 20.2.